The number of thiophene rings is 2. The summed E-state index contributed by atoms with van der Waals surface area (Å²) in [5.74, 6) is 1.80. The molecule has 5 aliphatic rings. The summed E-state index contributed by atoms with van der Waals surface area (Å²) in [7, 11) is 3.21. The second-order valence-electron chi connectivity index (χ2n) is 15.1. The number of aliphatic carboxylic acids is 1. The maximum absolute atomic E-state index is 12.7. The van der Waals surface area contributed by atoms with Gasteiger partial charge in [-0.1, -0.05) is 0 Å². The molecule has 1 saturated heterocycles. The van der Waals surface area contributed by atoms with E-state index in [0.29, 0.717) is 61.5 Å². The fourth-order valence-electron chi connectivity index (χ4n) is 8.41. The van der Waals surface area contributed by atoms with Gasteiger partial charge in [0.15, 0.2) is 0 Å². The average molecular weight is 830 g/mol. The Labute approximate surface area is 345 Å². The molecule has 6 aromatic rings. The number of anilines is 4. The van der Waals surface area contributed by atoms with Crippen molar-refractivity contribution in [3.05, 3.63) is 68.2 Å². The number of methoxy groups -OCH3 is 2. The van der Waals surface area contributed by atoms with E-state index < -0.39 is 5.97 Å². The number of aliphatic imine (C=N–C) groups is 2. The highest BCUT2D eigenvalue weighted by molar-refractivity contribution is 7.19. The number of likely N-dealkylation sites (tertiary alicyclic amines) is 1. The van der Waals surface area contributed by atoms with Crippen molar-refractivity contribution in [1.29, 1.82) is 0 Å². The number of pyridine rings is 2. The number of carboxylic acid groups (broad SMARTS) is 1. The van der Waals surface area contributed by atoms with E-state index in [2.05, 4.69) is 50.5 Å². The van der Waals surface area contributed by atoms with Crippen LogP contribution in [-0.2, 0) is 48.4 Å². The molecule has 6 aromatic heterocycles. The van der Waals surface area contributed by atoms with E-state index >= 15 is 0 Å². The van der Waals surface area contributed by atoms with E-state index in [1.807, 2.05) is 23.2 Å². The predicted octanol–water partition coefficient (Wildman–Crippen LogP) is 6.07. The van der Waals surface area contributed by atoms with Crippen molar-refractivity contribution in [2.24, 2.45) is 21.8 Å². The number of carbonyl (C=O) groups is 2. The van der Waals surface area contributed by atoms with E-state index in [0.717, 1.165) is 104 Å². The normalized spacial score (nSPS) is 18.3. The van der Waals surface area contributed by atoms with Gasteiger partial charge in [0.05, 0.1) is 55.4 Å². The van der Waals surface area contributed by atoms with Crippen molar-refractivity contribution in [3.63, 3.8) is 0 Å². The highest BCUT2D eigenvalue weighted by Gasteiger charge is 2.34. The Hall–Kier alpha value is -6.14. The molecule has 3 aliphatic heterocycles. The van der Waals surface area contributed by atoms with Gasteiger partial charge in [-0.15, -0.1) is 22.7 Å². The lowest BCUT2D eigenvalue weighted by atomic mass is 9.86. The lowest BCUT2D eigenvalue weighted by molar-refractivity contribution is -0.142. The highest BCUT2D eigenvalue weighted by atomic mass is 32.1. The molecule has 0 spiro atoms. The molecule has 2 aliphatic carbocycles. The summed E-state index contributed by atoms with van der Waals surface area (Å²) < 4.78 is 11.0. The molecule has 9 heterocycles. The van der Waals surface area contributed by atoms with Crippen molar-refractivity contribution in [2.75, 3.05) is 37.9 Å². The monoisotopic (exact) mass is 829 g/mol. The van der Waals surface area contributed by atoms with Gasteiger partial charge in [-0.3, -0.25) is 19.6 Å². The Balaban J connectivity index is 0.000000143. The zero-order chi connectivity index (χ0) is 40.2. The average Bonchev–Trinajstić information content (AvgIpc) is 4.04. The maximum Gasteiger partial charge on any atom is 0.306 e. The molecular weight excluding hydrogens is 791 g/mol. The van der Waals surface area contributed by atoms with Crippen LogP contribution in [0, 0.1) is 11.8 Å². The van der Waals surface area contributed by atoms with Crippen LogP contribution >= 0.6 is 22.7 Å². The number of carbonyl (C=O) groups excluding carboxylic acids is 1. The lowest BCUT2D eigenvalue weighted by Gasteiger charge is -2.35. The number of aryl methyl sites for hydroxylation is 2. The minimum absolute atomic E-state index is 0.0884. The van der Waals surface area contributed by atoms with E-state index in [9.17, 15) is 14.7 Å². The van der Waals surface area contributed by atoms with Crippen molar-refractivity contribution in [1.82, 2.24) is 34.8 Å². The SMILES string of the molecule is COc1nc2c(cc1Nc1ncnc3sc4c(c13)CC[C@H](C(=O)N1CCC1)C4)C=NC2.COc1nc2c(cc1Nc1ncnc3sc4c(c13)CC[C@H](C(=O)O)C4)C=NC2. The van der Waals surface area contributed by atoms with Gasteiger partial charge in [0.25, 0.3) is 0 Å². The molecule has 0 aromatic carbocycles. The molecule has 59 heavy (non-hydrogen) atoms. The summed E-state index contributed by atoms with van der Waals surface area (Å²) in [6.07, 6.45) is 12.3. The summed E-state index contributed by atoms with van der Waals surface area (Å²) in [6.45, 7) is 2.97. The third kappa shape index (κ3) is 6.78. The van der Waals surface area contributed by atoms with Gasteiger partial charge < -0.3 is 30.1 Å². The Bertz CT molecular complexity index is 2740. The van der Waals surface area contributed by atoms with E-state index in [4.69, 9.17) is 9.47 Å². The summed E-state index contributed by atoms with van der Waals surface area (Å²) >= 11 is 3.24. The fraction of sp³-hybridized carbons (Fsp3) is 0.366. The second kappa shape index (κ2) is 15.2. The Morgan fingerprint density at radius 2 is 1.25 bits per heavy atom. The van der Waals surface area contributed by atoms with Crippen LogP contribution in [0.5, 0.6) is 11.8 Å². The van der Waals surface area contributed by atoms with Crippen molar-refractivity contribution < 1.29 is 24.2 Å². The molecule has 16 nitrogen and oxygen atoms in total. The van der Waals surface area contributed by atoms with Crippen molar-refractivity contribution in [2.45, 2.75) is 58.0 Å². The van der Waals surface area contributed by atoms with E-state index in [1.165, 1.54) is 16.8 Å². The number of nitrogens with one attached hydrogen (secondary N) is 2. The smallest absolute Gasteiger partial charge is 0.306 e. The number of hydrogen-bond donors (Lipinski definition) is 3. The number of nitrogens with zero attached hydrogens (tertiary/aromatic N) is 9. The van der Waals surface area contributed by atoms with Gasteiger partial charge in [0, 0.05) is 52.3 Å². The zero-order valence-electron chi connectivity index (χ0n) is 32.3. The molecule has 0 unspecified atom stereocenters. The topological polar surface area (TPSA) is 202 Å². The van der Waals surface area contributed by atoms with Gasteiger partial charge >= 0.3 is 5.97 Å². The third-order valence-electron chi connectivity index (χ3n) is 11.6. The van der Waals surface area contributed by atoms with Gasteiger partial charge in [-0.05, 0) is 68.2 Å². The molecule has 18 heteroatoms. The van der Waals surface area contributed by atoms with Crippen LogP contribution < -0.4 is 20.1 Å². The van der Waals surface area contributed by atoms with E-state index in [-0.39, 0.29) is 11.8 Å². The zero-order valence-corrected chi connectivity index (χ0v) is 34.0. The van der Waals surface area contributed by atoms with Gasteiger partial charge in [0.2, 0.25) is 17.7 Å². The molecule has 1 fully saturated rings. The molecule has 3 N–H and O–H groups in total. The highest BCUT2D eigenvalue weighted by Crippen LogP contribution is 2.43. The molecule has 11 rings (SSSR count). The van der Waals surface area contributed by atoms with Gasteiger partial charge in [-0.25, -0.2) is 29.9 Å². The molecule has 0 saturated carbocycles. The van der Waals surface area contributed by atoms with Crippen LogP contribution in [0.3, 0.4) is 0 Å². The van der Waals surface area contributed by atoms with Gasteiger partial charge in [0.1, 0.15) is 45.3 Å². The summed E-state index contributed by atoms with van der Waals surface area (Å²) in [4.78, 5) is 65.9. The van der Waals surface area contributed by atoms with Crippen molar-refractivity contribution >= 4 is 90.4 Å². The van der Waals surface area contributed by atoms with Crippen LogP contribution in [0.4, 0.5) is 23.0 Å². The second-order valence-corrected chi connectivity index (χ2v) is 17.2. The summed E-state index contributed by atoms with van der Waals surface area (Å²) in [6, 6.07) is 3.97. The molecule has 0 radical (unpaired) electrons. The molecule has 1 amide bonds. The molecule has 2 atom stereocenters. The Kier molecular flexibility index (Phi) is 9.59. The number of fused-ring (bicyclic) bond motifs is 8. The molecular formula is C41H39N11O5S2. The lowest BCUT2D eigenvalue weighted by Crippen LogP contribution is -2.46. The number of carboxylic acids is 1. The van der Waals surface area contributed by atoms with Crippen LogP contribution in [-0.4, -0.2) is 91.5 Å². The third-order valence-corrected chi connectivity index (χ3v) is 13.9. The van der Waals surface area contributed by atoms with Crippen molar-refractivity contribution in [3.8, 4) is 11.8 Å². The first-order valence-corrected chi connectivity index (χ1v) is 21.2. The Morgan fingerprint density at radius 3 is 1.73 bits per heavy atom. The molecule has 300 valence electrons. The van der Waals surface area contributed by atoms with Crippen LogP contribution in [0.25, 0.3) is 20.4 Å². The standard InChI is InChI=1S/C22H22N6O2S.C19H17N5O3S/c1-30-20-15(7-13-9-23-10-16(13)27-20)26-19-18-14-4-3-12(22(29)28-5-2-6-28)8-17(14)31-21(18)25-11-24-19;1-27-17-12(4-10-6-20-7-13(10)24-17)23-16-15-11-3-2-9(19(25)26)5-14(11)28-18(15)22-8-21-16/h7,9,11-12H,2-6,8,10H2,1H3,(H,24,25,26);4,6,8-9H,2-3,5,7H2,1H3,(H,25,26)(H,21,22,23)/t12-;9-/m00/s1. The minimum atomic E-state index is -0.733. The number of aromatic nitrogens is 6. The fourth-order valence-corrected chi connectivity index (χ4v) is 10.9. The number of hydrogen-bond acceptors (Lipinski definition) is 16. The maximum atomic E-state index is 12.7. The number of ether oxygens (including phenoxy) is 2. The number of amides is 1. The van der Waals surface area contributed by atoms with Gasteiger partial charge in [-0.2, -0.15) is 0 Å². The number of rotatable bonds is 8. The predicted molar refractivity (Wildman–Crippen MR) is 225 cm³/mol. The van der Waals surface area contributed by atoms with Crippen LogP contribution in [0.15, 0.2) is 34.8 Å². The Morgan fingerprint density at radius 1 is 0.746 bits per heavy atom. The molecule has 0 bridgehead atoms. The summed E-state index contributed by atoms with van der Waals surface area (Å²) in [5.41, 5.74) is 7.66. The largest absolute Gasteiger partial charge is 0.481 e. The van der Waals surface area contributed by atoms with E-state index in [1.54, 1.807) is 49.4 Å². The quantitative estimate of drug-likeness (QED) is 0.160. The first-order chi connectivity index (χ1) is 28.8. The van der Waals surface area contributed by atoms with Crippen LogP contribution in [0.1, 0.15) is 62.7 Å². The minimum Gasteiger partial charge on any atom is -0.481 e. The first-order valence-electron chi connectivity index (χ1n) is 19.6. The summed E-state index contributed by atoms with van der Waals surface area (Å²) in [5, 5.41) is 18.2. The first kappa shape index (κ1) is 37.2. The van der Waals surface area contributed by atoms with Crippen LogP contribution in [0.2, 0.25) is 0 Å².